The van der Waals surface area contributed by atoms with Crippen molar-refractivity contribution in [3.63, 3.8) is 0 Å². The van der Waals surface area contributed by atoms with Crippen molar-refractivity contribution >= 4 is 11.7 Å². The van der Waals surface area contributed by atoms with Crippen molar-refractivity contribution in [3.8, 4) is 0 Å². The number of rotatable bonds is 2. The summed E-state index contributed by atoms with van der Waals surface area (Å²) in [6.07, 6.45) is 3.10. The minimum absolute atomic E-state index is 0.0883. The third kappa shape index (κ3) is 2.81. The number of nitrogen functional groups attached to an aromatic ring is 1. The Bertz CT molecular complexity index is 445. The summed E-state index contributed by atoms with van der Waals surface area (Å²) in [6, 6.07) is 3.54. The molecule has 1 atom stereocenters. The van der Waals surface area contributed by atoms with Gasteiger partial charge in [0.25, 0.3) is 5.91 Å². The Balaban J connectivity index is 2.19. The quantitative estimate of drug-likeness (QED) is 0.870. The summed E-state index contributed by atoms with van der Waals surface area (Å²) < 4.78 is 0. The number of anilines is 1. The van der Waals surface area contributed by atoms with Crippen molar-refractivity contribution in [1.29, 1.82) is 0 Å². The van der Waals surface area contributed by atoms with Crippen LogP contribution >= 0.6 is 0 Å². The summed E-state index contributed by atoms with van der Waals surface area (Å²) in [4.78, 5) is 18.5. The highest BCUT2D eigenvalue weighted by molar-refractivity contribution is 5.95. The highest BCUT2D eigenvalue weighted by Crippen LogP contribution is 2.19. The van der Waals surface area contributed by atoms with Gasteiger partial charge in [-0.2, -0.15) is 0 Å². The molecule has 4 heteroatoms. The summed E-state index contributed by atoms with van der Waals surface area (Å²) in [5, 5.41) is 0. The zero-order chi connectivity index (χ0) is 13.1. The molecule has 2 rings (SSSR count). The molecule has 2 N–H and O–H groups in total. The maximum atomic E-state index is 12.4. The lowest BCUT2D eigenvalue weighted by Crippen LogP contribution is -2.39. The van der Waals surface area contributed by atoms with Gasteiger partial charge in [0.2, 0.25) is 0 Å². The van der Waals surface area contributed by atoms with Gasteiger partial charge in [-0.1, -0.05) is 13.8 Å². The molecule has 4 nitrogen and oxygen atoms in total. The molecule has 0 radical (unpaired) electrons. The van der Waals surface area contributed by atoms with Crippen molar-refractivity contribution in [2.24, 2.45) is 5.92 Å². The van der Waals surface area contributed by atoms with Crippen LogP contribution in [-0.2, 0) is 6.42 Å². The predicted molar refractivity (Wildman–Crippen MR) is 72.3 cm³/mol. The van der Waals surface area contributed by atoms with Crippen LogP contribution in [0.1, 0.15) is 42.7 Å². The Labute approximate surface area is 108 Å². The van der Waals surface area contributed by atoms with Gasteiger partial charge in [-0.3, -0.25) is 4.79 Å². The van der Waals surface area contributed by atoms with Gasteiger partial charge in [0, 0.05) is 24.3 Å². The predicted octanol–water partition coefficient (Wildman–Crippen LogP) is 2.10. The summed E-state index contributed by atoms with van der Waals surface area (Å²) in [7, 11) is 0. The van der Waals surface area contributed by atoms with E-state index in [1.54, 1.807) is 6.07 Å². The van der Waals surface area contributed by atoms with E-state index in [1.807, 2.05) is 17.9 Å². The highest BCUT2D eigenvalue weighted by Gasteiger charge is 2.22. The number of nitrogens with two attached hydrogens (primary N) is 1. The maximum absolute atomic E-state index is 12.4. The standard InChI is InChI=1S/C14H21N3O/c1-3-12-7-11(8-13(15)16-12)14(18)17-6-4-5-10(2)9-17/h7-8,10H,3-6,9H2,1-2H3,(H2,15,16). The number of carbonyl (C=O) groups is 1. The molecule has 1 aromatic heterocycles. The Morgan fingerprint density at radius 2 is 2.33 bits per heavy atom. The second kappa shape index (κ2) is 5.38. The van der Waals surface area contributed by atoms with E-state index < -0.39 is 0 Å². The molecule has 0 bridgehead atoms. The van der Waals surface area contributed by atoms with E-state index in [-0.39, 0.29) is 5.91 Å². The van der Waals surface area contributed by atoms with Crippen LogP contribution in [0.5, 0.6) is 0 Å². The first-order valence-corrected chi connectivity index (χ1v) is 6.66. The molecule has 1 aliphatic rings. The molecular formula is C14H21N3O. The third-order valence-electron chi connectivity index (χ3n) is 3.45. The Morgan fingerprint density at radius 1 is 1.56 bits per heavy atom. The van der Waals surface area contributed by atoms with Crippen LogP contribution in [0.15, 0.2) is 12.1 Å². The Morgan fingerprint density at radius 3 is 3.00 bits per heavy atom. The van der Waals surface area contributed by atoms with E-state index in [9.17, 15) is 4.79 Å². The van der Waals surface area contributed by atoms with E-state index in [1.165, 1.54) is 6.42 Å². The van der Waals surface area contributed by atoms with E-state index in [0.29, 0.717) is 17.3 Å². The van der Waals surface area contributed by atoms with Gasteiger partial charge < -0.3 is 10.6 Å². The average molecular weight is 247 g/mol. The summed E-state index contributed by atoms with van der Waals surface area (Å²) in [5.74, 6) is 1.11. The molecule has 1 unspecified atom stereocenters. The molecular weight excluding hydrogens is 226 g/mol. The number of hydrogen-bond acceptors (Lipinski definition) is 3. The van der Waals surface area contributed by atoms with E-state index in [4.69, 9.17) is 5.73 Å². The Kier molecular flexibility index (Phi) is 3.84. The first kappa shape index (κ1) is 12.9. The monoisotopic (exact) mass is 247 g/mol. The number of hydrogen-bond donors (Lipinski definition) is 1. The highest BCUT2D eigenvalue weighted by atomic mass is 16.2. The summed E-state index contributed by atoms with van der Waals surface area (Å²) in [5.41, 5.74) is 7.30. The van der Waals surface area contributed by atoms with Gasteiger partial charge >= 0.3 is 0 Å². The molecule has 18 heavy (non-hydrogen) atoms. The van der Waals surface area contributed by atoms with Gasteiger partial charge in [0.05, 0.1) is 0 Å². The first-order valence-electron chi connectivity index (χ1n) is 6.66. The smallest absolute Gasteiger partial charge is 0.254 e. The fourth-order valence-corrected chi connectivity index (χ4v) is 2.47. The number of carbonyl (C=O) groups excluding carboxylic acids is 1. The van der Waals surface area contributed by atoms with Gasteiger partial charge in [0.1, 0.15) is 5.82 Å². The second-order valence-corrected chi connectivity index (χ2v) is 5.12. The largest absolute Gasteiger partial charge is 0.384 e. The van der Waals surface area contributed by atoms with Crippen molar-refractivity contribution in [1.82, 2.24) is 9.88 Å². The first-order chi connectivity index (χ1) is 8.60. The number of piperidine rings is 1. The number of aromatic nitrogens is 1. The van der Waals surface area contributed by atoms with Crippen LogP contribution in [0.25, 0.3) is 0 Å². The van der Waals surface area contributed by atoms with Gasteiger partial charge in [-0.25, -0.2) is 4.98 Å². The molecule has 1 aromatic rings. The molecule has 0 saturated carbocycles. The van der Waals surface area contributed by atoms with Crippen LogP contribution in [0.3, 0.4) is 0 Å². The lowest BCUT2D eigenvalue weighted by atomic mass is 9.99. The van der Waals surface area contributed by atoms with Crippen molar-refractivity contribution in [2.75, 3.05) is 18.8 Å². The number of nitrogens with zero attached hydrogens (tertiary/aromatic N) is 2. The van der Waals surface area contributed by atoms with Gasteiger partial charge in [-0.15, -0.1) is 0 Å². The van der Waals surface area contributed by atoms with Crippen LogP contribution in [-0.4, -0.2) is 28.9 Å². The number of amides is 1. The van der Waals surface area contributed by atoms with Gasteiger partial charge in [-0.05, 0) is 37.3 Å². The molecule has 1 saturated heterocycles. The third-order valence-corrected chi connectivity index (χ3v) is 3.45. The molecule has 0 spiro atoms. The van der Waals surface area contributed by atoms with Gasteiger partial charge in [0.15, 0.2) is 0 Å². The number of likely N-dealkylation sites (tertiary alicyclic amines) is 1. The van der Waals surface area contributed by atoms with Crippen molar-refractivity contribution in [3.05, 3.63) is 23.4 Å². The molecule has 0 aromatic carbocycles. The molecule has 1 aliphatic heterocycles. The second-order valence-electron chi connectivity index (χ2n) is 5.12. The lowest BCUT2D eigenvalue weighted by Gasteiger charge is -2.31. The summed E-state index contributed by atoms with van der Waals surface area (Å²) >= 11 is 0. The SMILES string of the molecule is CCc1cc(C(=O)N2CCCC(C)C2)cc(N)n1. The maximum Gasteiger partial charge on any atom is 0.254 e. The fraction of sp³-hybridized carbons (Fsp3) is 0.571. The molecule has 0 aliphatic carbocycles. The van der Waals surface area contributed by atoms with Crippen LogP contribution in [0.4, 0.5) is 5.82 Å². The molecule has 98 valence electrons. The van der Waals surface area contributed by atoms with Crippen LogP contribution < -0.4 is 5.73 Å². The van der Waals surface area contributed by atoms with Crippen LogP contribution in [0, 0.1) is 5.92 Å². The van der Waals surface area contributed by atoms with E-state index in [2.05, 4.69) is 11.9 Å². The minimum atomic E-state index is 0.0883. The molecule has 1 amide bonds. The fourth-order valence-electron chi connectivity index (χ4n) is 2.47. The zero-order valence-corrected chi connectivity index (χ0v) is 11.1. The average Bonchev–Trinajstić information content (AvgIpc) is 2.37. The number of aryl methyl sites for hydroxylation is 1. The van der Waals surface area contributed by atoms with E-state index in [0.717, 1.165) is 31.6 Å². The lowest BCUT2D eigenvalue weighted by molar-refractivity contribution is 0.0683. The Hall–Kier alpha value is -1.58. The van der Waals surface area contributed by atoms with E-state index >= 15 is 0 Å². The minimum Gasteiger partial charge on any atom is -0.384 e. The van der Waals surface area contributed by atoms with Crippen LogP contribution in [0.2, 0.25) is 0 Å². The zero-order valence-electron chi connectivity index (χ0n) is 11.1. The molecule has 1 fully saturated rings. The van der Waals surface area contributed by atoms with Crippen molar-refractivity contribution < 1.29 is 4.79 Å². The topological polar surface area (TPSA) is 59.2 Å². The summed E-state index contributed by atoms with van der Waals surface area (Å²) in [6.45, 7) is 5.91. The normalized spacial score (nSPS) is 19.9. The van der Waals surface area contributed by atoms with Crippen molar-refractivity contribution in [2.45, 2.75) is 33.1 Å². The number of pyridine rings is 1. The molecule has 2 heterocycles.